The zero-order chi connectivity index (χ0) is 13.5. The van der Waals surface area contributed by atoms with E-state index in [0.717, 1.165) is 38.2 Å². The summed E-state index contributed by atoms with van der Waals surface area (Å²) in [5.74, 6) is -0.0532. The maximum Gasteiger partial charge on any atom is 0.127 e. The monoisotopic (exact) mass is 264 g/mol. The summed E-state index contributed by atoms with van der Waals surface area (Å²) >= 11 is 0. The third-order valence-corrected chi connectivity index (χ3v) is 3.94. The van der Waals surface area contributed by atoms with E-state index in [1.165, 1.54) is 19.3 Å². The number of piperazine rings is 1. The van der Waals surface area contributed by atoms with E-state index < -0.39 is 0 Å². The first-order valence-electron chi connectivity index (χ1n) is 7.52. The van der Waals surface area contributed by atoms with E-state index in [-0.39, 0.29) is 11.9 Å². The molecule has 1 aliphatic heterocycles. The predicted molar refractivity (Wildman–Crippen MR) is 77.7 cm³/mol. The molecule has 0 unspecified atom stereocenters. The Labute approximate surface area is 116 Å². The average Bonchev–Trinajstić information content (AvgIpc) is 2.46. The minimum absolute atomic E-state index is 0.0532. The second-order valence-electron chi connectivity index (χ2n) is 5.32. The molecule has 1 saturated heterocycles. The Balaban J connectivity index is 2.10. The molecule has 0 spiro atoms. The molecule has 1 atom stereocenters. The number of rotatable bonds is 6. The first-order chi connectivity index (χ1) is 9.33. The minimum Gasteiger partial charge on any atom is -0.314 e. The highest BCUT2D eigenvalue weighted by Gasteiger charge is 2.23. The second kappa shape index (κ2) is 7.61. The molecule has 0 saturated carbocycles. The van der Waals surface area contributed by atoms with Crippen molar-refractivity contribution >= 4 is 0 Å². The van der Waals surface area contributed by atoms with Crippen LogP contribution in [-0.4, -0.2) is 31.1 Å². The third kappa shape index (κ3) is 4.02. The van der Waals surface area contributed by atoms with Crippen molar-refractivity contribution in [1.29, 1.82) is 0 Å². The van der Waals surface area contributed by atoms with E-state index in [9.17, 15) is 4.39 Å². The van der Waals surface area contributed by atoms with Gasteiger partial charge in [-0.1, -0.05) is 44.4 Å². The van der Waals surface area contributed by atoms with Gasteiger partial charge in [0.1, 0.15) is 5.82 Å². The van der Waals surface area contributed by atoms with Crippen LogP contribution < -0.4 is 5.32 Å². The normalized spacial score (nSPS) is 18.4. The Morgan fingerprint density at radius 1 is 1.21 bits per heavy atom. The van der Waals surface area contributed by atoms with Gasteiger partial charge in [-0.25, -0.2) is 4.39 Å². The summed E-state index contributed by atoms with van der Waals surface area (Å²) in [6.45, 7) is 6.27. The molecule has 1 aliphatic rings. The zero-order valence-electron chi connectivity index (χ0n) is 11.9. The first-order valence-corrected chi connectivity index (χ1v) is 7.52. The third-order valence-electron chi connectivity index (χ3n) is 3.94. The highest BCUT2D eigenvalue weighted by Crippen LogP contribution is 2.28. The van der Waals surface area contributed by atoms with Crippen molar-refractivity contribution in [2.24, 2.45) is 0 Å². The lowest BCUT2D eigenvalue weighted by Crippen LogP contribution is -2.45. The van der Waals surface area contributed by atoms with Crippen LogP contribution in [0.25, 0.3) is 0 Å². The molecule has 106 valence electrons. The van der Waals surface area contributed by atoms with Crippen molar-refractivity contribution in [3.05, 3.63) is 35.6 Å². The van der Waals surface area contributed by atoms with Crippen LogP contribution in [0.4, 0.5) is 4.39 Å². The summed E-state index contributed by atoms with van der Waals surface area (Å²) in [6, 6.07) is 7.51. The van der Waals surface area contributed by atoms with E-state index >= 15 is 0 Å². The molecule has 0 aromatic heterocycles. The van der Waals surface area contributed by atoms with E-state index in [1.807, 2.05) is 12.1 Å². The Bertz CT molecular complexity index is 375. The van der Waals surface area contributed by atoms with Crippen LogP contribution in [0.15, 0.2) is 24.3 Å². The van der Waals surface area contributed by atoms with Crippen molar-refractivity contribution in [3.8, 4) is 0 Å². The van der Waals surface area contributed by atoms with Gasteiger partial charge in [0.2, 0.25) is 0 Å². The van der Waals surface area contributed by atoms with Crippen LogP contribution >= 0.6 is 0 Å². The first kappa shape index (κ1) is 14.5. The van der Waals surface area contributed by atoms with E-state index in [0.29, 0.717) is 0 Å². The van der Waals surface area contributed by atoms with Crippen LogP contribution in [-0.2, 0) is 0 Å². The lowest BCUT2D eigenvalue weighted by molar-refractivity contribution is 0.159. The van der Waals surface area contributed by atoms with Crippen molar-refractivity contribution in [2.45, 2.75) is 38.6 Å². The standard InChI is InChI=1S/C16H25FN2/c1-2-3-4-9-16(19-12-10-18-11-13-19)14-7-5-6-8-15(14)17/h5-8,16,18H,2-4,9-13H2,1H3/t16-/m0/s1. The summed E-state index contributed by atoms with van der Waals surface area (Å²) in [7, 11) is 0. The Kier molecular flexibility index (Phi) is 5.80. The van der Waals surface area contributed by atoms with E-state index in [4.69, 9.17) is 0 Å². The largest absolute Gasteiger partial charge is 0.314 e. The van der Waals surface area contributed by atoms with Gasteiger partial charge in [-0.15, -0.1) is 0 Å². The van der Waals surface area contributed by atoms with Crippen LogP contribution in [0, 0.1) is 5.82 Å². The Morgan fingerprint density at radius 2 is 1.95 bits per heavy atom. The van der Waals surface area contributed by atoms with Gasteiger partial charge >= 0.3 is 0 Å². The molecule has 0 amide bonds. The topological polar surface area (TPSA) is 15.3 Å². The number of hydrogen-bond donors (Lipinski definition) is 1. The van der Waals surface area contributed by atoms with Crippen LogP contribution in [0.3, 0.4) is 0 Å². The van der Waals surface area contributed by atoms with Crippen molar-refractivity contribution < 1.29 is 4.39 Å². The SMILES string of the molecule is CCCCC[C@@H](c1ccccc1F)N1CCNCC1. The zero-order valence-corrected chi connectivity index (χ0v) is 11.9. The van der Waals surface area contributed by atoms with Gasteiger partial charge in [0.25, 0.3) is 0 Å². The Hall–Kier alpha value is -0.930. The molecule has 1 heterocycles. The molecule has 19 heavy (non-hydrogen) atoms. The van der Waals surface area contributed by atoms with Crippen LogP contribution in [0.1, 0.15) is 44.2 Å². The van der Waals surface area contributed by atoms with Gasteiger partial charge in [0.05, 0.1) is 0 Å². The molecule has 0 bridgehead atoms. The molecule has 2 rings (SSSR count). The number of benzene rings is 1. The van der Waals surface area contributed by atoms with E-state index in [2.05, 4.69) is 17.1 Å². The van der Waals surface area contributed by atoms with Crippen molar-refractivity contribution in [2.75, 3.05) is 26.2 Å². The summed E-state index contributed by atoms with van der Waals surface area (Å²) in [5.41, 5.74) is 0.875. The number of halogens is 1. The van der Waals surface area contributed by atoms with Crippen molar-refractivity contribution in [3.63, 3.8) is 0 Å². The number of hydrogen-bond acceptors (Lipinski definition) is 2. The lowest BCUT2D eigenvalue weighted by Gasteiger charge is -2.35. The molecule has 3 heteroatoms. The molecular formula is C16H25FN2. The molecule has 2 nitrogen and oxygen atoms in total. The lowest BCUT2D eigenvalue weighted by atomic mass is 9.97. The maximum absolute atomic E-state index is 14.1. The fraction of sp³-hybridized carbons (Fsp3) is 0.625. The fourth-order valence-electron chi connectivity index (χ4n) is 2.86. The number of nitrogens with zero attached hydrogens (tertiary/aromatic N) is 1. The van der Waals surface area contributed by atoms with Crippen LogP contribution in [0.2, 0.25) is 0 Å². The molecule has 1 N–H and O–H groups in total. The van der Waals surface area contributed by atoms with Gasteiger partial charge in [-0.05, 0) is 12.5 Å². The highest BCUT2D eigenvalue weighted by molar-refractivity contribution is 5.21. The van der Waals surface area contributed by atoms with E-state index in [1.54, 1.807) is 12.1 Å². The summed E-state index contributed by atoms with van der Waals surface area (Å²) in [4.78, 5) is 2.44. The van der Waals surface area contributed by atoms with Gasteiger partial charge in [0, 0.05) is 37.8 Å². The van der Waals surface area contributed by atoms with Gasteiger partial charge < -0.3 is 5.32 Å². The molecule has 0 radical (unpaired) electrons. The molecule has 1 aromatic rings. The smallest absolute Gasteiger partial charge is 0.127 e. The summed E-state index contributed by atoms with van der Waals surface area (Å²) in [5, 5.41) is 3.37. The number of nitrogens with one attached hydrogen (secondary N) is 1. The Morgan fingerprint density at radius 3 is 2.63 bits per heavy atom. The number of unbranched alkanes of at least 4 members (excludes halogenated alkanes) is 2. The molecule has 1 aromatic carbocycles. The summed E-state index contributed by atoms with van der Waals surface area (Å²) < 4.78 is 14.1. The maximum atomic E-state index is 14.1. The van der Waals surface area contributed by atoms with Gasteiger partial charge in [0.15, 0.2) is 0 Å². The molecule has 1 fully saturated rings. The quantitative estimate of drug-likeness (QED) is 0.793. The van der Waals surface area contributed by atoms with Gasteiger partial charge in [-0.2, -0.15) is 0 Å². The predicted octanol–water partition coefficient (Wildman–Crippen LogP) is 3.35. The summed E-state index contributed by atoms with van der Waals surface area (Å²) in [6.07, 6.45) is 4.69. The van der Waals surface area contributed by atoms with Crippen LogP contribution in [0.5, 0.6) is 0 Å². The second-order valence-corrected chi connectivity index (χ2v) is 5.32. The van der Waals surface area contributed by atoms with Gasteiger partial charge in [-0.3, -0.25) is 4.90 Å². The average molecular weight is 264 g/mol. The van der Waals surface area contributed by atoms with Crippen molar-refractivity contribution in [1.82, 2.24) is 10.2 Å². The minimum atomic E-state index is -0.0532. The molecule has 0 aliphatic carbocycles. The fourth-order valence-corrected chi connectivity index (χ4v) is 2.86. The molecular weight excluding hydrogens is 239 g/mol. The highest BCUT2D eigenvalue weighted by atomic mass is 19.1.